The van der Waals surface area contributed by atoms with Crippen molar-refractivity contribution in [2.24, 2.45) is 10.8 Å². The molecule has 0 aliphatic heterocycles. The second kappa shape index (κ2) is 2.83. The molecule has 0 aliphatic rings. The van der Waals surface area contributed by atoms with Crippen LogP contribution in [-0.4, -0.2) is 11.2 Å². The Balaban J connectivity index is 4.52. The van der Waals surface area contributed by atoms with E-state index >= 15 is 0 Å². The van der Waals surface area contributed by atoms with E-state index in [9.17, 15) is 5.11 Å². The highest BCUT2D eigenvalue weighted by Crippen LogP contribution is 2.32. The van der Waals surface area contributed by atoms with Crippen LogP contribution in [-0.2, 0) is 0 Å². The Bertz CT molecular complexity index is 171. The summed E-state index contributed by atoms with van der Waals surface area (Å²) < 4.78 is 0. The minimum Gasteiger partial charge on any atom is -0.391 e. The van der Waals surface area contributed by atoms with Crippen molar-refractivity contribution in [3.63, 3.8) is 0 Å². The Hall–Kier alpha value is -0.550. The second-order valence-corrected chi connectivity index (χ2v) is 4.60. The van der Waals surface area contributed by atoms with Crippen molar-refractivity contribution in [2.75, 3.05) is 0 Å². The maximum atomic E-state index is 9.69. The van der Waals surface area contributed by atoms with E-state index in [1.807, 2.05) is 20.8 Å². The van der Waals surface area contributed by atoms with E-state index in [2.05, 4.69) is 6.07 Å². The third kappa shape index (κ3) is 2.51. The molecule has 0 aromatic heterocycles. The molecule has 64 valence electrons. The molecule has 0 aromatic rings. The molecule has 0 aromatic carbocycles. The molecule has 0 aliphatic carbocycles. The fourth-order valence-electron chi connectivity index (χ4n) is 1.14. The van der Waals surface area contributed by atoms with Gasteiger partial charge in [-0.1, -0.05) is 20.8 Å². The van der Waals surface area contributed by atoms with Gasteiger partial charge in [-0.2, -0.15) is 5.26 Å². The molecule has 2 heteroatoms. The van der Waals surface area contributed by atoms with E-state index in [-0.39, 0.29) is 5.41 Å². The summed E-state index contributed by atoms with van der Waals surface area (Å²) >= 11 is 0. The Morgan fingerprint density at radius 1 is 1.18 bits per heavy atom. The molecule has 0 amide bonds. The maximum absolute atomic E-state index is 9.69. The van der Waals surface area contributed by atoms with Gasteiger partial charge in [0, 0.05) is 0 Å². The van der Waals surface area contributed by atoms with Gasteiger partial charge in [0.05, 0.1) is 17.6 Å². The van der Waals surface area contributed by atoms with Crippen LogP contribution in [0.2, 0.25) is 0 Å². The van der Waals surface area contributed by atoms with Crippen molar-refractivity contribution in [3.05, 3.63) is 0 Å². The summed E-state index contributed by atoms with van der Waals surface area (Å²) in [6, 6.07) is 2.10. The zero-order valence-electron chi connectivity index (χ0n) is 7.97. The van der Waals surface area contributed by atoms with Gasteiger partial charge in [-0.3, -0.25) is 0 Å². The fraction of sp³-hybridized carbons (Fsp3) is 0.889. The Morgan fingerprint density at radius 3 is 1.64 bits per heavy atom. The summed E-state index contributed by atoms with van der Waals surface area (Å²) in [6.45, 7) is 9.29. The molecule has 1 unspecified atom stereocenters. The summed E-state index contributed by atoms with van der Waals surface area (Å²) in [5.74, 6) is 0. The third-order valence-electron chi connectivity index (χ3n) is 1.79. The number of hydrogen-bond donors (Lipinski definition) is 1. The van der Waals surface area contributed by atoms with Gasteiger partial charge < -0.3 is 5.11 Å². The number of hydrogen-bond acceptors (Lipinski definition) is 2. The van der Waals surface area contributed by atoms with E-state index in [0.29, 0.717) is 0 Å². The molecule has 0 spiro atoms. The van der Waals surface area contributed by atoms with Gasteiger partial charge in [-0.05, 0) is 19.3 Å². The zero-order valence-corrected chi connectivity index (χ0v) is 7.97. The van der Waals surface area contributed by atoms with Gasteiger partial charge in [0.25, 0.3) is 0 Å². The molecular formula is C9H17NO. The van der Waals surface area contributed by atoms with Crippen molar-refractivity contribution >= 4 is 0 Å². The van der Waals surface area contributed by atoms with Crippen LogP contribution in [0.4, 0.5) is 0 Å². The van der Waals surface area contributed by atoms with E-state index in [1.165, 1.54) is 0 Å². The molecule has 2 nitrogen and oxygen atoms in total. The number of nitriles is 1. The highest BCUT2D eigenvalue weighted by Gasteiger charge is 2.36. The lowest BCUT2D eigenvalue weighted by molar-refractivity contribution is -0.00537. The first kappa shape index (κ1) is 10.4. The number of aliphatic hydroxyl groups excluding tert-OH is 1. The molecule has 0 saturated carbocycles. The molecule has 0 bridgehead atoms. The third-order valence-corrected chi connectivity index (χ3v) is 1.79. The molecule has 0 rings (SSSR count). The molecule has 0 saturated heterocycles. The standard InChI is InChI=1S/C9H17NO/c1-8(2,3)7(11)9(4,5)6-10/h7,11H,1-5H3. The average Bonchev–Trinajstić information content (AvgIpc) is 1.84. The van der Waals surface area contributed by atoms with Crippen molar-refractivity contribution in [1.82, 2.24) is 0 Å². The average molecular weight is 155 g/mol. The Labute approximate surface area is 68.8 Å². The lowest BCUT2D eigenvalue weighted by atomic mass is 9.74. The van der Waals surface area contributed by atoms with Crippen LogP contribution >= 0.6 is 0 Å². The van der Waals surface area contributed by atoms with Gasteiger partial charge in [0.1, 0.15) is 0 Å². The Morgan fingerprint density at radius 2 is 1.55 bits per heavy atom. The molecular weight excluding hydrogens is 138 g/mol. The number of rotatable bonds is 1. The van der Waals surface area contributed by atoms with Gasteiger partial charge in [-0.25, -0.2) is 0 Å². The molecule has 0 radical (unpaired) electrons. The quantitative estimate of drug-likeness (QED) is 0.629. The summed E-state index contributed by atoms with van der Waals surface area (Å²) in [7, 11) is 0. The van der Waals surface area contributed by atoms with Crippen LogP contribution in [0.15, 0.2) is 0 Å². The predicted molar refractivity (Wildman–Crippen MR) is 44.9 cm³/mol. The van der Waals surface area contributed by atoms with Crippen molar-refractivity contribution in [2.45, 2.75) is 40.7 Å². The smallest absolute Gasteiger partial charge is 0.0781 e. The van der Waals surface area contributed by atoms with Crippen molar-refractivity contribution < 1.29 is 5.11 Å². The van der Waals surface area contributed by atoms with Gasteiger partial charge in [0.2, 0.25) is 0 Å². The van der Waals surface area contributed by atoms with Gasteiger partial charge in [0.15, 0.2) is 0 Å². The van der Waals surface area contributed by atoms with Crippen LogP contribution in [0, 0.1) is 22.2 Å². The molecule has 1 atom stereocenters. The predicted octanol–water partition coefficient (Wildman–Crippen LogP) is 1.94. The monoisotopic (exact) mass is 155 g/mol. The van der Waals surface area contributed by atoms with Crippen LogP contribution in [0.1, 0.15) is 34.6 Å². The minimum absolute atomic E-state index is 0.223. The molecule has 11 heavy (non-hydrogen) atoms. The van der Waals surface area contributed by atoms with E-state index in [1.54, 1.807) is 13.8 Å². The topological polar surface area (TPSA) is 44.0 Å². The van der Waals surface area contributed by atoms with E-state index in [0.717, 1.165) is 0 Å². The fourth-order valence-corrected chi connectivity index (χ4v) is 1.14. The first-order valence-electron chi connectivity index (χ1n) is 3.81. The lowest BCUT2D eigenvalue weighted by Crippen LogP contribution is -2.38. The van der Waals surface area contributed by atoms with Gasteiger partial charge in [-0.15, -0.1) is 0 Å². The largest absolute Gasteiger partial charge is 0.391 e. The summed E-state index contributed by atoms with van der Waals surface area (Å²) in [5, 5.41) is 18.4. The number of aliphatic hydroxyl groups is 1. The van der Waals surface area contributed by atoms with Crippen LogP contribution in [0.5, 0.6) is 0 Å². The van der Waals surface area contributed by atoms with E-state index < -0.39 is 11.5 Å². The minimum atomic E-state index is -0.655. The van der Waals surface area contributed by atoms with Gasteiger partial charge >= 0.3 is 0 Å². The van der Waals surface area contributed by atoms with Crippen LogP contribution in [0.25, 0.3) is 0 Å². The highest BCUT2D eigenvalue weighted by atomic mass is 16.3. The molecule has 0 fully saturated rings. The summed E-state index contributed by atoms with van der Waals surface area (Å²) in [6.07, 6.45) is -0.583. The Kier molecular flexibility index (Phi) is 2.69. The summed E-state index contributed by atoms with van der Waals surface area (Å²) in [5.41, 5.74) is -0.878. The normalized spacial score (nSPS) is 15.7. The summed E-state index contributed by atoms with van der Waals surface area (Å²) in [4.78, 5) is 0. The lowest BCUT2D eigenvalue weighted by Gasteiger charge is -2.34. The van der Waals surface area contributed by atoms with E-state index in [4.69, 9.17) is 5.26 Å². The SMILES string of the molecule is CC(C)(C)C(O)C(C)(C)C#N. The zero-order chi connectivity index (χ0) is 9.28. The van der Waals surface area contributed by atoms with Crippen molar-refractivity contribution in [3.8, 4) is 6.07 Å². The first-order valence-corrected chi connectivity index (χ1v) is 3.81. The van der Waals surface area contributed by atoms with Crippen LogP contribution < -0.4 is 0 Å². The van der Waals surface area contributed by atoms with Crippen LogP contribution in [0.3, 0.4) is 0 Å². The highest BCUT2D eigenvalue weighted by molar-refractivity contribution is 5.00. The number of nitrogens with zero attached hydrogens (tertiary/aromatic N) is 1. The molecule has 1 N–H and O–H groups in total. The maximum Gasteiger partial charge on any atom is 0.0781 e. The van der Waals surface area contributed by atoms with Crippen molar-refractivity contribution in [1.29, 1.82) is 5.26 Å². The first-order chi connectivity index (χ1) is 4.72. The second-order valence-electron chi connectivity index (χ2n) is 4.60. The molecule has 0 heterocycles.